The summed E-state index contributed by atoms with van der Waals surface area (Å²) in [5, 5.41) is 16.9. The summed E-state index contributed by atoms with van der Waals surface area (Å²) in [7, 11) is 0. The molecule has 0 amide bonds. The normalized spacial score (nSPS) is 13.6. The van der Waals surface area contributed by atoms with Gasteiger partial charge in [-0.1, -0.05) is 19.9 Å². The number of aromatic nitrogens is 5. The van der Waals surface area contributed by atoms with E-state index in [0.717, 1.165) is 23.3 Å². The molecule has 0 aliphatic heterocycles. The monoisotopic (exact) mass is 383 g/mol. The minimum atomic E-state index is -0.454. The van der Waals surface area contributed by atoms with Gasteiger partial charge >= 0.3 is 0 Å². The quantitative estimate of drug-likeness (QED) is 0.521. The zero-order valence-electron chi connectivity index (χ0n) is 16.9. The molecule has 0 aromatic carbocycles. The van der Waals surface area contributed by atoms with Crippen molar-refractivity contribution in [1.29, 1.82) is 0 Å². The van der Waals surface area contributed by atoms with Crippen LogP contribution in [0.1, 0.15) is 52.3 Å². The van der Waals surface area contributed by atoms with Crippen LogP contribution in [0.2, 0.25) is 0 Å². The van der Waals surface area contributed by atoms with Crippen molar-refractivity contribution in [1.82, 2.24) is 24.5 Å². The van der Waals surface area contributed by atoms with Crippen molar-refractivity contribution in [3.05, 3.63) is 36.4 Å². The molecule has 0 aliphatic carbocycles. The molecule has 0 spiro atoms. The number of aliphatic hydroxyl groups excluding tert-OH is 1. The molecule has 0 saturated carbocycles. The molecule has 3 N–H and O–H groups in total. The van der Waals surface area contributed by atoms with E-state index < -0.39 is 6.10 Å². The van der Waals surface area contributed by atoms with Gasteiger partial charge in [-0.3, -0.25) is 4.98 Å². The standard InChI is InChI=1S/C20H29N7O/c1-5-15(16(28)6-2)24-20-25-18(22-11-14-9-7-8-10-21-14)17-19(26-20)27(12-23-17)13(3)4/h7-10,12-13,15-16,28H,5-6,11H2,1-4H3,(H2,22,24,25,26)/t15-,16?/m1/s1. The minimum Gasteiger partial charge on any atom is -0.391 e. The first-order chi connectivity index (χ1) is 13.5. The number of fused-ring (bicyclic) bond motifs is 1. The van der Waals surface area contributed by atoms with E-state index in [1.54, 1.807) is 12.5 Å². The number of imidazole rings is 1. The van der Waals surface area contributed by atoms with E-state index >= 15 is 0 Å². The van der Waals surface area contributed by atoms with Crippen molar-refractivity contribution >= 4 is 22.9 Å². The average Bonchev–Trinajstić information content (AvgIpc) is 3.14. The lowest BCUT2D eigenvalue weighted by Crippen LogP contribution is -2.33. The van der Waals surface area contributed by atoms with E-state index in [-0.39, 0.29) is 12.1 Å². The summed E-state index contributed by atoms with van der Waals surface area (Å²) >= 11 is 0. The second kappa shape index (κ2) is 8.97. The molecule has 28 heavy (non-hydrogen) atoms. The molecular formula is C20H29N7O. The molecule has 2 atom stereocenters. The summed E-state index contributed by atoms with van der Waals surface area (Å²) < 4.78 is 2.02. The zero-order valence-corrected chi connectivity index (χ0v) is 16.9. The van der Waals surface area contributed by atoms with Crippen LogP contribution in [0.15, 0.2) is 30.7 Å². The predicted molar refractivity (Wildman–Crippen MR) is 111 cm³/mol. The Labute approximate surface area is 165 Å². The lowest BCUT2D eigenvalue weighted by atomic mass is 10.1. The van der Waals surface area contributed by atoms with Gasteiger partial charge in [-0.15, -0.1) is 0 Å². The van der Waals surface area contributed by atoms with Gasteiger partial charge < -0.3 is 20.3 Å². The van der Waals surface area contributed by atoms with Crippen molar-refractivity contribution in [2.45, 2.75) is 65.3 Å². The molecule has 3 rings (SSSR count). The number of hydrogen-bond donors (Lipinski definition) is 3. The molecule has 0 saturated heterocycles. The predicted octanol–water partition coefficient (Wildman–Crippen LogP) is 3.38. The summed E-state index contributed by atoms with van der Waals surface area (Å²) in [4.78, 5) is 18.2. The fraction of sp³-hybridized carbons (Fsp3) is 0.500. The van der Waals surface area contributed by atoms with Crippen LogP contribution in [0.25, 0.3) is 11.2 Å². The largest absolute Gasteiger partial charge is 0.391 e. The smallest absolute Gasteiger partial charge is 0.227 e. The Bertz CT molecular complexity index is 894. The molecule has 1 unspecified atom stereocenters. The molecule has 0 fully saturated rings. The van der Waals surface area contributed by atoms with Crippen molar-refractivity contribution in [3.8, 4) is 0 Å². The van der Waals surface area contributed by atoms with Crippen molar-refractivity contribution < 1.29 is 5.11 Å². The lowest BCUT2D eigenvalue weighted by molar-refractivity contribution is 0.146. The van der Waals surface area contributed by atoms with E-state index in [4.69, 9.17) is 0 Å². The zero-order chi connectivity index (χ0) is 20.1. The Morgan fingerprint density at radius 2 is 1.93 bits per heavy atom. The van der Waals surface area contributed by atoms with E-state index in [1.807, 2.05) is 36.6 Å². The van der Waals surface area contributed by atoms with Gasteiger partial charge in [-0.25, -0.2) is 4.98 Å². The molecule has 0 aliphatic rings. The Morgan fingerprint density at radius 3 is 2.57 bits per heavy atom. The summed E-state index contributed by atoms with van der Waals surface area (Å²) in [6.45, 7) is 8.72. The highest BCUT2D eigenvalue weighted by Gasteiger charge is 2.19. The Kier molecular flexibility index (Phi) is 6.41. The molecule has 3 heterocycles. The van der Waals surface area contributed by atoms with E-state index in [0.29, 0.717) is 24.7 Å². The molecule has 3 aromatic rings. The molecule has 0 radical (unpaired) electrons. The Morgan fingerprint density at radius 1 is 1.11 bits per heavy atom. The van der Waals surface area contributed by atoms with Gasteiger partial charge in [0.15, 0.2) is 17.0 Å². The molecule has 0 bridgehead atoms. The van der Waals surface area contributed by atoms with Crippen LogP contribution < -0.4 is 10.6 Å². The number of rotatable bonds is 9. The van der Waals surface area contributed by atoms with Gasteiger partial charge in [-0.05, 0) is 38.8 Å². The summed E-state index contributed by atoms with van der Waals surface area (Å²) in [5.41, 5.74) is 2.40. The van der Waals surface area contributed by atoms with Crippen LogP contribution in [-0.4, -0.2) is 41.8 Å². The van der Waals surface area contributed by atoms with Crippen molar-refractivity contribution in [3.63, 3.8) is 0 Å². The SMILES string of the molecule is CCC(O)[C@@H](CC)Nc1nc(NCc2ccccn2)c2ncn(C(C)C)c2n1. The van der Waals surface area contributed by atoms with E-state index in [1.165, 1.54) is 0 Å². The fourth-order valence-electron chi connectivity index (χ4n) is 3.08. The second-order valence-electron chi connectivity index (χ2n) is 7.12. The van der Waals surface area contributed by atoms with E-state index in [9.17, 15) is 5.11 Å². The highest BCUT2D eigenvalue weighted by Crippen LogP contribution is 2.24. The number of aliphatic hydroxyl groups is 1. The Balaban J connectivity index is 1.95. The highest BCUT2D eigenvalue weighted by atomic mass is 16.3. The number of pyridine rings is 1. The maximum absolute atomic E-state index is 10.3. The van der Waals surface area contributed by atoms with Crippen LogP contribution in [0.3, 0.4) is 0 Å². The van der Waals surface area contributed by atoms with Gasteiger partial charge in [0, 0.05) is 12.2 Å². The summed E-state index contributed by atoms with van der Waals surface area (Å²) in [5.74, 6) is 1.14. The molecule has 8 nitrogen and oxygen atoms in total. The first kappa shape index (κ1) is 20.0. The summed E-state index contributed by atoms with van der Waals surface area (Å²) in [6, 6.07) is 5.92. The van der Waals surface area contributed by atoms with Gasteiger partial charge in [-0.2, -0.15) is 9.97 Å². The number of nitrogens with one attached hydrogen (secondary N) is 2. The third kappa shape index (κ3) is 4.39. The third-order valence-electron chi connectivity index (χ3n) is 4.78. The maximum Gasteiger partial charge on any atom is 0.227 e. The number of nitrogens with zero attached hydrogens (tertiary/aromatic N) is 5. The number of anilines is 2. The van der Waals surface area contributed by atoms with Gasteiger partial charge in [0.25, 0.3) is 0 Å². The van der Waals surface area contributed by atoms with Crippen molar-refractivity contribution in [2.24, 2.45) is 0 Å². The molecule has 150 valence electrons. The fourth-order valence-corrected chi connectivity index (χ4v) is 3.08. The topological polar surface area (TPSA) is 101 Å². The second-order valence-corrected chi connectivity index (χ2v) is 7.12. The average molecular weight is 384 g/mol. The first-order valence-corrected chi connectivity index (χ1v) is 9.86. The molecule has 3 aromatic heterocycles. The minimum absolute atomic E-state index is 0.110. The Hall–Kier alpha value is -2.74. The van der Waals surface area contributed by atoms with Gasteiger partial charge in [0.1, 0.15) is 0 Å². The first-order valence-electron chi connectivity index (χ1n) is 9.86. The third-order valence-corrected chi connectivity index (χ3v) is 4.78. The van der Waals surface area contributed by atoms with Gasteiger partial charge in [0.2, 0.25) is 5.95 Å². The van der Waals surface area contributed by atoms with Crippen LogP contribution in [0.4, 0.5) is 11.8 Å². The van der Waals surface area contributed by atoms with Crippen LogP contribution >= 0.6 is 0 Å². The molecule has 8 heteroatoms. The molecular weight excluding hydrogens is 354 g/mol. The van der Waals surface area contributed by atoms with Crippen LogP contribution in [-0.2, 0) is 6.54 Å². The number of hydrogen-bond acceptors (Lipinski definition) is 7. The maximum atomic E-state index is 10.3. The van der Waals surface area contributed by atoms with Crippen LogP contribution in [0, 0.1) is 0 Å². The highest BCUT2D eigenvalue weighted by molar-refractivity contribution is 5.84. The van der Waals surface area contributed by atoms with Crippen LogP contribution in [0.5, 0.6) is 0 Å². The van der Waals surface area contributed by atoms with E-state index in [2.05, 4.69) is 44.4 Å². The summed E-state index contributed by atoms with van der Waals surface area (Å²) in [6.07, 6.45) is 4.55. The lowest BCUT2D eigenvalue weighted by Gasteiger charge is -2.22. The van der Waals surface area contributed by atoms with Crippen molar-refractivity contribution in [2.75, 3.05) is 10.6 Å². The van der Waals surface area contributed by atoms with Gasteiger partial charge in [0.05, 0.1) is 30.7 Å².